The Morgan fingerprint density at radius 1 is 1.24 bits per heavy atom. The maximum absolute atomic E-state index is 6.05. The first-order valence-corrected chi connectivity index (χ1v) is 8.04. The van der Waals surface area contributed by atoms with Crippen LogP contribution in [0.5, 0.6) is 5.75 Å². The zero-order valence-corrected chi connectivity index (χ0v) is 13.6. The Morgan fingerprint density at radius 2 is 2.05 bits per heavy atom. The molecule has 1 aliphatic carbocycles. The van der Waals surface area contributed by atoms with Crippen LogP contribution in [0, 0.1) is 11.3 Å². The molecule has 0 bridgehead atoms. The lowest BCUT2D eigenvalue weighted by molar-refractivity contribution is -0.0259. The maximum Gasteiger partial charge on any atom is 0.121 e. The Bertz CT molecular complexity index is 445. The molecule has 1 fully saturated rings. The van der Waals surface area contributed by atoms with Gasteiger partial charge in [0.1, 0.15) is 5.75 Å². The molecule has 2 N–H and O–H groups in total. The van der Waals surface area contributed by atoms with Crippen molar-refractivity contribution in [3.8, 4) is 5.75 Å². The molecule has 0 radical (unpaired) electrons. The van der Waals surface area contributed by atoms with Crippen molar-refractivity contribution in [1.82, 2.24) is 0 Å². The van der Waals surface area contributed by atoms with Gasteiger partial charge in [-0.15, -0.1) is 0 Å². The van der Waals surface area contributed by atoms with Gasteiger partial charge in [0.2, 0.25) is 0 Å². The number of rotatable bonds is 6. The molecule has 3 heteroatoms. The van der Waals surface area contributed by atoms with Crippen LogP contribution in [0.2, 0.25) is 0 Å². The highest BCUT2D eigenvalue weighted by molar-refractivity contribution is 5.43. The molecule has 2 atom stereocenters. The molecule has 0 spiro atoms. The average Bonchev–Trinajstić information content (AvgIpc) is 2.36. The highest BCUT2D eigenvalue weighted by Crippen LogP contribution is 2.39. The normalized spacial score (nSPS) is 24.7. The molecule has 1 aromatic carbocycles. The van der Waals surface area contributed by atoms with Crippen LogP contribution >= 0.6 is 0 Å². The van der Waals surface area contributed by atoms with Crippen molar-refractivity contribution in [3.63, 3.8) is 0 Å². The van der Waals surface area contributed by atoms with Crippen molar-refractivity contribution in [2.24, 2.45) is 11.3 Å². The zero-order chi connectivity index (χ0) is 15.3. The summed E-state index contributed by atoms with van der Waals surface area (Å²) in [4.78, 5) is 0. The summed E-state index contributed by atoms with van der Waals surface area (Å²) in [5.41, 5.74) is 6.88. The number of anilines is 1. The van der Waals surface area contributed by atoms with E-state index in [1.807, 2.05) is 24.3 Å². The van der Waals surface area contributed by atoms with Crippen LogP contribution in [0.3, 0.4) is 0 Å². The fourth-order valence-corrected chi connectivity index (χ4v) is 3.49. The SMILES string of the molecule is CC1CC(OCCCOc2cccc(N)c2)CC(C)(C)C1. The second kappa shape index (κ2) is 7.17. The highest BCUT2D eigenvalue weighted by atomic mass is 16.5. The van der Waals surface area contributed by atoms with Gasteiger partial charge in [0.05, 0.1) is 19.3 Å². The molecule has 118 valence electrons. The Kier molecular flexibility index (Phi) is 5.51. The molecule has 0 saturated heterocycles. The van der Waals surface area contributed by atoms with Gasteiger partial charge in [0, 0.05) is 18.2 Å². The van der Waals surface area contributed by atoms with Gasteiger partial charge in [-0.1, -0.05) is 26.8 Å². The van der Waals surface area contributed by atoms with Crippen LogP contribution in [0.4, 0.5) is 5.69 Å². The van der Waals surface area contributed by atoms with Gasteiger partial charge in [-0.05, 0) is 42.7 Å². The highest BCUT2D eigenvalue weighted by Gasteiger charge is 2.32. The number of nitrogens with two attached hydrogens (primary N) is 1. The van der Waals surface area contributed by atoms with Gasteiger partial charge >= 0.3 is 0 Å². The van der Waals surface area contributed by atoms with Crippen molar-refractivity contribution >= 4 is 5.69 Å². The lowest BCUT2D eigenvalue weighted by Crippen LogP contribution is -2.32. The van der Waals surface area contributed by atoms with E-state index in [4.69, 9.17) is 15.2 Å². The molecule has 0 amide bonds. The first kappa shape index (κ1) is 16.2. The molecule has 21 heavy (non-hydrogen) atoms. The van der Waals surface area contributed by atoms with Crippen LogP contribution in [0.25, 0.3) is 0 Å². The molecule has 1 aliphatic rings. The molecular formula is C18H29NO2. The van der Waals surface area contributed by atoms with E-state index >= 15 is 0 Å². The van der Waals surface area contributed by atoms with Gasteiger partial charge in [-0.3, -0.25) is 0 Å². The van der Waals surface area contributed by atoms with Crippen molar-refractivity contribution in [2.75, 3.05) is 18.9 Å². The Labute approximate surface area is 128 Å². The van der Waals surface area contributed by atoms with Crippen LogP contribution in [-0.2, 0) is 4.74 Å². The van der Waals surface area contributed by atoms with Crippen molar-refractivity contribution in [3.05, 3.63) is 24.3 Å². The summed E-state index contributed by atoms with van der Waals surface area (Å²) in [6, 6.07) is 7.56. The van der Waals surface area contributed by atoms with Gasteiger partial charge in [0.25, 0.3) is 0 Å². The van der Waals surface area contributed by atoms with Gasteiger partial charge in [-0.2, -0.15) is 0 Å². The van der Waals surface area contributed by atoms with E-state index in [1.54, 1.807) is 0 Å². The predicted octanol–water partition coefficient (Wildman–Crippen LogP) is 4.27. The lowest BCUT2D eigenvalue weighted by atomic mass is 9.71. The fourth-order valence-electron chi connectivity index (χ4n) is 3.49. The number of ether oxygens (including phenoxy) is 2. The van der Waals surface area contributed by atoms with Gasteiger partial charge in [0.15, 0.2) is 0 Å². The Hall–Kier alpha value is -1.22. The minimum Gasteiger partial charge on any atom is -0.493 e. The third-order valence-electron chi connectivity index (χ3n) is 4.12. The molecule has 2 rings (SSSR count). The second-order valence-corrected chi connectivity index (χ2v) is 7.18. The summed E-state index contributed by atoms with van der Waals surface area (Å²) in [6.45, 7) is 8.48. The minimum absolute atomic E-state index is 0.413. The van der Waals surface area contributed by atoms with Crippen LogP contribution in [-0.4, -0.2) is 19.3 Å². The first-order chi connectivity index (χ1) is 9.94. The van der Waals surface area contributed by atoms with E-state index in [0.717, 1.165) is 30.4 Å². The van der Waals surface area contributed by atoms with Crippen molar-refractivity contribution in [2.45, 2.75) is 52.6 Å². The van der Waals surface area contributed by atoms with Crippen LogP contribution < -0.4 is 10.5 Å². The summed E-state index contributed by atoms with van der Waals surface area (Å²) in [7, 11) is 0. The van der Waals surface area contributed by atoms with E-state index in [-0.39, 0.29) is 0 Å². The third-order valence-corrected chi connectivity index (χ3v) is 4.12. The average molecular weight is 291 g/mol. The quantitative estimate of drug-likeness (QED) is 0.629. The van der Waals surface area contributed by atoms with Gasteiger partial charge < -0.3 is 15.2 Å². The molecular weight excluding hydrogens is 262 g/mol. The van der Waals surface area contributed by atoms with E-state index in [1.165, 1.54) is 19.3 Å². The van der Waals surface area contributed by atoms with Crippen LogP contribution in [0.15, 0.2) is 24.3 Å². The summed E-state index contributed by atoms with van der Waals surface area (Å²) in [5.74, 6) is 1.60. The van der Waals surface area contributed by atoms with Crippen LogP contribution in [0.1, 0.15) is 46.5 Å². The van der Waals surface area contributed by atoms with E-state index in [2.05, 4.69) is 20.8 Å². The molecule has 0 aromatic heterocycles. The smallest absolute Gasteiger partial charge is 0.121 e. The number of hydrogen-bond acceptors (Lipinski definition) is 3. The summed E-state index contributed by atoms with van der Waals surface area (Å²) < 4.78 is 11.7. The van der Waals surface area contributed by atoms with E-state index in [0.29, 0.717) is 18.1 Å². The molecule has 0 heterocycles. The number of nitrogen functional groups attached to an aromatic ring is 1. The summed E-state index contributed by atoms with van der Waals surface area (Å²) >= 11 is 0. The fraction of sp³-hybridized carbons (Fsp3) is 0.667. The van der Waals surface area contributed by atoms with Gasteiger partial charge in [-0.25, -0.2) is 0 Å². The van der Waals surface area contributed by atoms with Crippen molar-refractivity contribution in [1.29, 1.82) is 0 Å². The minimum atomic E-state index is 0.413. The monoisotopic (exact) mass is 291 g/mol. The molecule has 0 aliphatic heterocycles. The molecule has 3 nitrogen and oxygen atoms in total. The topological polar surface area (TPSA) is 44.5 Å². The van der Waals surface area contributed by atoms with Crippen molar-refractivity contribution < 1.29 is 9.47 Å². The van der Waals surface area contributed by atoms with E-state index < -0.39 is 0 Å². The zero-order valence-electron chi connectivity index (χ0n) is 13.6. The number of benzene rings is 1. The standard InChI is InChI=1S/C18H29NO2/c1-14-10-17(13-18(2,3)12-14)21-9-5-8-20-16-7-4-6-15(19)11-16/h4,6-7,11,14,17H,5,8-10,12-13,19H2,1-3H3. The largest absolute Gasteiger partial charge is 0.493 e. The van der Waals surface area contributed by atoms with E-state index in [9.17, 15) is 0 Å². The molecule has 2 unspecified atom stereocenters. The summed E-state index contributed by atoms with van der Waals surface area (Å²) in [5, 5.41) is 0. The third kappa shape index (κ3) is 5.58. The Balaban J connectivity index is 1.63. The Morgan fingerprint density at radius 3 is 2.76 bits per heavy atom. The molecule has 1 aromatic rings. The summed E-state index contributed by atoms with van der Waals surface area (Å²) in [6.07, 6.45) is 5.01. The predicted molar refractivity (Wildman–Crippen MR) is 87.5 cm³/mol. The maximum atomic E-state index is 6.05. The second-order valence-electron chi connectivity index (χ2n) is 7.18. The molecule has 1 saturated carbocycles. The lowest BCUT2D eigenvalue weighted by Gasteiger charge is -2.38. The number of hydrogen-bond donors (Lipinski definition) is 1. The first-order valence-electron chi connectivity index (χ1n) is 8.04.